The molecule has 0 aromatic heterocycles. The summed E-state index contributed by atoms with van der Waals surface area (Å²) in [6.45, 7) is 11.9. The highest BCUT2D eigenvalue weighted by Gasteiger charge is 2.43. The van der Waals surface area contributed by atoms with Gasteiger partial charge >= 0.3 is 0 Å². The van der Waals surface area contributed by atoms with Gasteiger partial charge in [0.25, 0.3) is 0 Å². The van der Waals surface area contributed by atoms with Gasteiger partial charge in [-0.25, -0.2) is 0 Å². The number of fused-ring (bicyclic) bond motifs is 9. The molecule has 0 spiro atoms. The zero-order chi connectivity index (χ0) is 38.7. The van der Waals surface area contributed by atoms with Crippen LogP contribution in [0.15, 0.2) is 182 Å². The third-order valence-corrected chi connectivity index (χ3v) is 13.8. The summed E-state index contributed by atoms with van der Waals surface area (Å²) in [4.78, 5) is 2.52. The molecule has 0 bridgehead atoms. The fraction of sp³-hybridized carbons (Fsp3) is 0.143. The molecule has 57 heavy (non-hydrogen) atoms. The summed E-state index contributed by atoms with van der Waals surface area (Å²) in [5, 5.41) is 0. The second-order valence-electron chi connectivity index (χ2n) is 17.5. The van der Waals surface area contributed by atoms with Gasteiger partial charge < -0.3 is 4.90 Å². The summed E-state index contributed by atoms with van der Waals surface area (Å²) in [5.41, 5.74) is 22.9. The summed E-state index contributed by atoms with van der Waals surface area (Å²) >= 11 is 0. The van der Waals surface area contributed by atoms with Crippen molar-refractivity contribution in [1.29, 1.82) is 0 Å². The summed E-state index contributed by atoms with van der Waals surface area (Å²) in [6.07, 6.45) is 0. The van der Waals surface area contributed by atoms with Crippen molar-refractivity contribution >= 4 is 17.1 Å². The van der Waals surface area contributed by atoms with Gasteiger partial charge in [-0.2, -0.15) is 0 Å². The van der Waals surface area contributed by atoms with Crippen molar-refractivity contribution in [3.8, 4) is 44.5 Å². The second-order valence-corrected chi connectivity index (χ2v) is 17.5. The number of benzene rings is 8. The van der Waals surface area contributed by atoms with E-state index in [9.17, 15) is 0 Å². The lowest BCUT2D eigenvalue weighted by atomic mass is 9.74. The fourth-order valence-corrected chi connectivity index (χ4v) is 10.8. The normalized spacial score (nSPS) is 17.2. The van der Waals surface area contributed by atoms with E-state index >= 15 is 0 Å². The van der Waals surface area contributed by atoms with E-state index in [2.05, 4.69) is 222 Å². The largest absolute Gasteiger partial charge is 0.310 e. The molecule has 3 aliphatic rings. The van der Waals surface area contributed by atoms with Crippen LogP contribution in [-0.2, 0) is 16.2 Å². The van der Waals surface area contributed by atoms with Crippen molar-refractivity contribution in [1.82, 2.24) is 0 Å². The Labute approximate surface area is 336 Å². The number of nitrogens with zero attached hydrogens (tertiary/aromatic N) is 1. The standard InChI is InChI=1S/C56H45N/c1-54(2)47-24-14-12-21-42(47)44-30-27-38(33-50(44)54)57(39-28-31-45-43-22-13-15-25-48(43)55(3,4)51(45)34-39)40-29-32-46-52(35-40)56(5,37-19-10-7-11-20-37)49-26-16-23-41(53(46)49)36-17-8-6-9-18-36/h6-35H,1-5H3. The molecule has 0 saturated carbocycles. The molecule has 0 fully saturated rings. The van der Waals surface area contributed by atoms with E-state index in [1.165, 1.54) is 94.8 Å². The summed E-state index contributed by atoms with van der Waals surface area (Å²) < 4.78 is 0. The van der Waals surface area contributed by atoms with E-state index in [0.717, 1.165) is 5.69 Å². The lowest BCUT2D eigenvalue weighted by Gasteiger charge is -2.32. The van der Waals surface area contributed by atoms with Crippen LogP contribution >= 0.6 is 0 Å². The minimum atomic E-state index is -0.360. The van der Waals surface area contributed by atoms with Gasteiger partial charge in [-0.1, -0.05) is 173 Å². The number of rotatable bonds is 5. The lowest BCUT2D eigenvalue weighted by molar-refractivity contribution is 0.660. The first-order valence-corrected chi connectivity index (χ1v) is 20.4. The zero-order valence-electron chi connectivity index (χ0n) is 33.3. The van der Waals surface area contributed by atoms with Crippen molar-refractivity contribution in [2.24, 2.45) is 0 Å². The molecular weight excluding hydrogens is 687 g/mol. The Morgan fingerprint density at radius 2 is 0.737 bits per heavy atom. The highest BCUT2D eigenvalue weighted by molar-refractivity contribution is 5.96. The maximum Gasteiger partial charge on any atom is 0.0465 e. The van der Waals surface area contributed by atoms with Crippen molar-refractivity contribution in [2.45, 2.75) is 50.9 Å². The predicted molar refractivity (Wildman–Crippen MR) is 239 cm³/mol. The smallest absolute Gasteiger partial charge is 0.0465 e. The first-order chi connectivity index (χ1) is 27.7. The molecule has 0 radical (unpaired) electrons. The summed E-state index contributed by atoms with van der Waals surface area (Å²) in [7, 11) is 0. The molecule has 0 N–H and O–H groups in total. The predicted octanol–water partition coefficient (Wildman–Crippen LogP) is 14.8. The van der Waals surface area contributed by atoms with E-state index in [1.807, 2.05) is 0 Å². The van der Waals surface area contributed by atoms with Crippen LogP contribution < -0.4 is 4.90 Å². The maximum absolute atomic E-state index is 2.52. The van der Waals surface area contributed by atoms with Crippen molar-refractivity contribution in [3.05, 3.63) is 221 Å². The first-order valence-electron chi connectivity index (χ1n) is 20.4. The average Bonchev–Trinajstić information content (AvgIpc) is 3.75. The topological polar surface area (TPSA) is 3.24 Å². The molecule has 0 saturated heterocycles. The van der Waals surface area contributed by atoms with Crippen molar-refractivity contribution in [2.75, 3.05) is 4.90 Å². The van der Waals surface area contributed by atoms with Crippen LogP contribution in [0.1, 0.15) is 73.6 Å². The number of hydrogen-bond acceptors (Lipinski definition) is 1. The third kappa shape index (κ3) is 4.69. The molecular formula is C56H45N. The summed E-state index contributed by atoms with van der Waals surface area (Å²) in [5.74, 6) is 0. The zero-order valence-corrected chi connectivity index (χ0v) is 33.3. The monoisotopic (exact) mass is 731 g/mol. The molecule has 1 atom stereocenters. The van der Waals surface area contributed by atoms with Crippen LogP contribution in [0, 0.1) is 0 Å². The highest BCUT2D eigenvalue weighted by Crippen LogP contribution is 2.58. The Morgan fingerprint density at radius 1 is 0.316 bits per heavy atom. The molecule has 0 heterocycles. The molecule has 1 nitrogen and oxygen atoms in total. The molecule has 3 aliphatic carbocycles. The molecule has 274 valence electrons. The van der Waals surface area contributed by atoms with Crippen LogP contribution in [-0.4, -0.2) is 0 Å². The van der Waals surface area contributed by atoms with Gasteiger partial charge in [0.1, 0.15) is 0 Å². The van der Waals surface area contributed by atoms with Crippen LogP contribution in [0.2, 0.25) is 0 Å². The Morgan fingerprint density at radius 3 is 1.30 bits per heavy atom. The van der Waals surface area contributed by atoms with E-state index in [-0.39, 0.29) is 16.2 Å². The Balaban J connectivity index is 1.16. The minimum Gasteiger partial charge on any atom is -0.310 e. The van der Waals surface area contributed by atoms with E-state index in [0.29, 0.717) is 0 Å². The van der Waals surface area contributed by atoms with Gasteiger partial charge in [-0.3, -0.25) is 0 Å². The van der Waals surface area contributed by atoms with Gasteiger partial charge in [-0.05, 0) is 127 Å². The SMILES string of the molecule is CC1(C)c2ccccc2-c2ccc(N(c3ccc4c(c3)C(C)(C)c3ccccc3-4)c3ccc4c(c3)C(C)(c3ccccc3)c3cccc(-c5ccccc5)c3-4)cc21. The molecule has 11 rings (SSSR count). The molecule has 1 unspecified atom stereocenters. The van der Waals surface area contributed by atoms with Crippen molar-refractivity contribution < 1.29 is 0 Å². The molecule has 0 aliphatic heterocycles. The Bertz CT molecular complexity index is 2810. The number of hydrogen-bond donors (Lipinski definition) is 0. The van der Waals surface area contributed by atoms with Gasteiger partial charge in [0.15, 0.2) is 0 Å². The Kier molecular flexibility index (Phi) is 7.15. The third-order valence-electron chi connectivity index (χ3n) is 13.8. The summed E-state index contributed by atoms with van der Waals surface area (Å²) in [6, 6.07) is 68.4. The van der Waals surface area contributed by atoms with E-state index in [4.69, 9.17) is 0 Å². The van der Waals surface area contributed by atoms with Crippen LogP contribution in [0.25, 0.3) is 44.5 Å². The molecule has 0 amide bonds. The molecule has 8 aromatic carbocycles. The quantitative estimate of drug-likeness (QED) is 0.170. The number of anilines is 3. The van der Waals surface area contributed by atoms with Gasteiger partial charge in [0, 0.05) is 33.3 Å². The van der Waals surface area contributed by atoms with Crippen molar-refractivity contribution in [3.63, 3.8) is 0 Å². The van der Waals surface area contributed by atoms with Gasteiger partial charge in [0.05, 0.1) is 0 Å². The van der Waals surface area contributed by atoms with Gasteiger partial charge in [-0.15, -0.1) is 0 Å². The Hall–Kier alpha value is -6.44. The lowest BCUT2D eigenvalue weighted by Crippen LogP contribution is -2.23. The highest BCUT2D eigenvalue weighted by atomic mass is 15.1. The first kappa shape index (κ1) is 33.9. The minimum absolute atomic E-state index is 0.117. The molecule has 8 aromatic rings. The van der Waals surface area contributed by atoms with E-state index < -0.39 is 0 Å². The maximum atomic E-state index is 2.52. The van der Waals surface area contributed by atoms with Crippen LogP contribution in [0.4, 0.5) is 17.1 Å². The van der Waals surface area contributed by atoms with Crippen LogP contribution in [0.5, 0.6) is 0 Å². The van der Waals surface area contributed by atoms with Gasteiger partial charge in [0.2, 0.25) is 0 Å². The van der Waals surface area contributed by atoms with Crippen LogP contribution in [0.3, 0.4) is 0 Å². The van der Waals surface area contributed by atoms with E-state index in [1.54, 1.807) is 0 Å². The fourth-order valence-electron chi connectivity index (χ4n) is 10.8. The molecule has 1 heteroatoms. The average molecular weight is 732 g/mol. The second kappa shape index (κ2) is 12.0.